The SMILES string of the molecule is O=C(c1csc(-c2ncccn2)n1)N1CCC[C@H]1c1nc(-c2ccncc2)no1. The molecule has 1 atom stereocenters. The Hall–Kier alpha value is -3.53. The van der Waals surface area contributed by atoms with Crippen molar-refractivity contribution >= 4 is 17.2 Å². The molecule has 5 heterocycles. The highest BCUT2D eigenvalue weighted by molar-refractivity contribution is 7.13. The average Bonchev–Trinajstić information content (AvgIpc) is 3.55. The third kappa shape index (κ3) is 3.38. The zero-order valence-corrected chi connectivity index (χ0v) is 16.0. The number of pyridine rings is 1. The van der Waals surface area contributed by atoms with Crippen LogP contribution in [0.15, 0.2) is 52.9 Å². The monoisotopic (exact) mass is 405 g/mol. The molecule has 4 aromatic rings. The second kappa shape index (κ2) is 7.47. The Labute approximate surface area is 169 Å². The van der Waals surface area contributed by atoms with Crippen molar-refractivity contribution in [2.45, 2.75) is 18.9 Å². The van der Waals surface area contributed by atoms with Gasteiger partial charge < -0.3 is 9.42 Å². The highest BCUT2D eigenvalue weighted by Crippen LogP contribution is 2.33. The van der Waals surface area contributed by atoms with Crippen LogP contribution in [0.25, 0.3) is 22.2 Å². The van der Waals surface area contributed by atoms with E-state index in [0.717, 1.165) is 18.4 Å². The van der Waals surface area contributed by atoms with Crippen LogP contribution < -0.4 is 0 Å². The van der Waals surface area contributed by atoms with Gasteiger partial charge in [0.1, 0.15) is 11.7 Å². The number of amides is 1. The summed E-state index contributed by atoms with van der Waals surface area (Å²) < 4.78 is 5.48. The highest BCUT2D eigenvalue weighted by atomic mass is 32.1. The first kappa shape index (κ1) is 17.6. The quantitative estimate of drug-likeness (QED) is 0.509. The van der Waals surface area contributed by atoms with Gasteiger partial charge in [-0.15, -0.1) is 11.3 Å². The van der Waals surface area contributed by atoms with Crippen LogP contribution in [0.2, 0.25) is 0 Å². The predicted octanol–water partition coefficient (Wildman–Crippen LogP) is 3.02. The van der Waals surface area contributed by atoms with Crippen molar-refractivity contribution in [1.82, 2.24) is 35.0 Å². The number of hydrogen-bond acceptors (Lipinski definition) is 9. The molecule has 9 nitrogen and oxygen atoms in total. The summed E-state index contributed by atoms with van der Waals surface area (Å²) in [6.07, 6.45) is 8.28. The van der Waals surface area contributed by atoms with Crippen molar-refractivity contribution in [3.63, 3.8) is 0 Å². The lowest BCUT2D eigenvalue weighted by atomic mass is 10.2. The third-order valence-electron chi connectivity index (χ3n) is 4.66. The molecule has 0 aliphatic carbocycles. The van der Waals surface area contributed by atoms with E-state index in [4.69, 9.17) is 4.52 Å². The van der Waals surface area contributed by atoms with E-state index in [-0.39, 0.29) is 11.9 Å². The molecule has 0 N–H and O–H groups in total. The summed E-state index contributed by atoms with van der Waals surface area (Å²) in [6.45, 7) is 0.616. The number of hydrogen-bond donors (Lipinski definition) is 0. The number of carbonyl (C=O) groups excluding carboxylic acids is 1. The normalized spacial score (nSPS) is 16.3. The molecule has 0 spiro atoms. The van der Waals surface area contributed by atoms with Gasteiger partial charge in [0.15, 0.2) is 10.8 Å². The Morgan fingerprint density at radius 2 is 1.93 bits per heavy atom. The molecule has 1 aliphatic rings. The highest BCUT2D eigenvalue weighted by Gasteiger charge is 2.35. The largest absolute Gasteiger partial charge is 0.337 e. The maximum Gasteiger partial charge on any atom is 0.274 e. The molecule has 1 aliphatic heterocycles. The summed E-state index contributed by atoms with van der Waals surface area (Å²) >= 11 is 1.35. The van der Waals surface area contributed by atoms with Gasteiger partial charge >= 0.3 is 0 Å². The third-order valence-corrected chi connectivity index (χ3v) is 5.50. The Bertz CT molecular complexity index is 1130. The minimum Gasteiger partial charge on any atom is -0.337 e. The lowest BCUT2D eigenvalue weighted by Crippen LogP contribution is -2.31. The van der Waals surface area contributed by atoms with Crippen molar-refractivity contribution < 1.29 is 9.32 Å². The summed E-state index contributed by atoms with van der Waals surface area (Å²) in [6, 6.07) is 5.11. The van der Waals surface area contributed by atoms with Gasteiger partial charge in [-0.1, -0.05) is 5.16 Å². The van der Waals surface area contributed by atoms with E-state index in [9.17, 15) is 4.79 Å². The van der Waals surface area contributed by atoms with Crippen LogP contribution in [-0.4, -0.2) is 47.4 Å². The number of thiazole rings is 1. The van der Waals surface area contributed by atoms with Gasteiger partial charge in [-0.05, 0) is 31.0 Å². The van der Waals surface area contributed by atoms with Crippen LogP contribution in [0.4, 0.5) is 0 Å². The standard InChI is InChI=1S/C19H15N7O2S/c27-19(13-11-29-18(23-13)16-21-6-2-7-22-16)26-10-1-3-14(26)17-24-15(25-28-17)12-4-8-20-9-5-12/h2,4-9,11,14H,1,3,10H2/t14-/m0/s1. The molecule has 29 heavy (non-hydrogen) atoms. The number of likely N-dealkylation sites (tertiary alicyclic amines) is 1. The predicted molar refractivity (Wildman–Crippen MR) is 104 cm³/mol. The van der Waals surface area contributed by atoms with Crippen LogP contribution in [0, 0.1) is 0 Å². The molecule has 0 radical (unpaired) electrons. The first-order valence-corrected chi connectivity index (χ1v) is 9.95. The molecule has 10 heteroatoms. The Kier molecular flexibility index (Phi) is 4.53. The van der Waals surface area contributed by atoms with E-state index >= 15 is 0 Å². The summed E-state index contributed by atoms with van der Waals surface area (Å²) in [5.74, 6) is 1.27. The van der Waals surface area contributed by atoms with Crippen molar-refractivity contribution in [2.75, 3.05) is 6.54 Å². The average molecular weight is 405 g/mol. The summed E-state index contributed by atoms with van der Waals surface area (Å²) in [4.78, 5) is 36.1. The van der Waals surface area contributed by atoms with Gasteiger partial charge in [0.2, 0.25) is 11.7 Å². The molecule has 0 saturated carbocycles. The maximum atomic E-state index is 13.1. The van der Waals surface area contributed by atoms with Gasteiger partial charge in [-0.25, -0.2) is 15.0 Å². The lowest BCUT2D eigenvalue weighted by Gasteiger charge is -2.20. The summed E-state index contributed by atoms with van der Waals surface area (Å²) in [7, 11) is 0. The first-order chi connectivity index (χ1) is 14.3. The second-order valence-corrected chi connectivity index (χ2v) is 7.32. The summed E-state index contributed by atoms with van der Waals surface area (Å²) in [5, 5.41) is 6.41. The van der Waals surface area contributed by atoms with Gasteiger partial charge in [-0.2, -0.15) is 4.98 Å². The van der Waals surface area contributed by atoms with Crippen LogP contribution in [-0.2, 0) is 0 Å². The zero-order chi connectivity index (χ0) is 19.6. The molecular weight excluding hydrogens is 390 g/mol. The molecule has 0 unspecified atom stereocenters. The molecule has 1 fully saturated rings. The van der Waals surface area contributed by atoms with E-state index in [0.29, 0.717) is 34.8 Å². The van der Waals surface area contributed by atoms with Crippen molar-refractivity contribution in [2.24, 2.45) is 0 Å². The molecule has 1 amide bonds. The van der Waals surface area contributed by atoms with Gasteiger partial charge in [0.25, 0.3) is 5.91 Å². The fraction of sp³-hybridized carbons (Fsp3) is 0.211. The second-order valence-electron chi connectivity index (χ2n) is 6.46. The Morgan fingerprint density at radius 3 is 2.76 bits per heavy atom. The molecule has 4 aromatic heterocycles. The first-order valence-electron chi connectivity index (χ1n) is 9.07. The van der Waals surface area contributed by atoms with Crippen LogP contribution >= 0.6 is 11.3 Å². The molecular formula is C19H15N7O2S. The van der Waals surface area contributed by atoms with E-state index in [1.165, 1.54) is 11.3 Å². The zero-order valence-electron chi connectivity index (χ0n) is 15.2. The maximum absolute atomic E-state index is 13.1. The van der Waals surface area contributed by atoms with Gasteiger partial charge in [-0.3, -0.25) is 9.78 Å². The number of carbonyl (C=O) groups is 1. The van der Waals surface area contributed by atoms with Crippen molar-refractivity contribution in [3.8, 4) is 22.2 Å². The molecule has 0 aromatic carbocycles. The molecule has 144 valence electrons. The van der Waals surface area contributed by atoms with Crippen molar-refractivity contribution in [1.29, 1.82) is 0 Å². The van der Waals surface area contributed by atoms with Gasteiger partial charge in [0.05, 0.1) is 0 Å². The molecule has 0 bridgehead atoms. The fourth-order valence-corrected chi connectivity index (χ4v) is 4.03. The van der Waals surface area contributed by atoms with E-state index in [1.807, 2.05) is 12.1 Å². The molecule has 5 rings (SSSR count). The van der Waals surface area contributed by atoms with E-state index < -0.39 is 0 Å². The number of nitrogens with zero attached hydrogens (tertiary/aromatic N) is 7. The van der Waals surface area contributed by atoms with Crippen LogP contribution in [0.3, 0.4) is 0 Å². The smallest absolute Gasteiger partial charge is 0.274 e. The van der Waals surface area contributed by atoms with E-state index in [1.54, 1.807) is 41.1 Å². The topological polar surface area (TPSA) is 111 Å². The Morgan fingerprint density at radius 1 is 1.10 bits per heavy atom. The fourth-order valence-electron chi connectivity index (χ4n) is 3.29. The lowest BCUT2D eigenvalue weighted by molar-refractivity contribution is 0.0705. The van der Waals surface area contributed by atoms with Crippen LogP contribution in [0.5, 0.6) is 0 Å². The summed E-state index contributed by atoms with van der Waals surface area (Å²) in [5.41, 5.74) is 1.19. The van der Waals surface area contributed by atoms with Gasteiger partial charge in [0, 0.05) is 42.3 Å². The number of rotatable bonds is 4. The van der Waals surface area contributed by atoms with Crippen LogP contribution in [0.1, 0.15) is 35.3 Å². The van der Waals surface area contributed by atoms with E-state index in [2.05, 4.69) is 30.1 Å². The minimum atomic E-state index is -0.260. The molecule has 1 saturated heterocycles. The van der Waals surface area contributed by atoms with Crippen molar-refractivity contribution in [3.05, 3.63) is 60.0 Å². The number of aromatic nitrogens is 6. The minimum absolute atomic E-state index is 0.158. The Balaban J connectivity index is 1.38.